The smallest absolute Gasteiger partial charge is 0.407 e. The minimum Gasteiger partial charge on any atom is -0.444 e. The Bertz CT molecular complexity index is 556. The molecule has 138 valence electrons. The average Bonchev–Trinajstić information content (AvgIpc) is 2.52. The van der Waals surface area contributed by atoms with Crippen molar-refractivity contribution in [3.63, 3.8) is 0 Å². The summed E-state index contributed by atoms with van der Waals surface area (Å²) in [5, 5.41) is 2.94. The van der Waals surface area contributed by atoms with E-state index in [1.165, 1.54) is 5.56 Å². The molecule has 2 atom stereocenters. The number of hydrogen-bond donors (Lipinski definition) is 1. The van der Waals surface area contributed by atoms with E-state index in [1.54, 1.807) is 0 Å². The Morgan fingerprint density at radius 1 is 1.20 bits per heavy atom. The van der Waals surface area contributed by atoms with Gasteiger partial charge in [0.25, 0.3) is 0 Å². The maximum atomic E-state index is 11.9. The largest absolute Gasteiger partial charge is 0.444 e. The molecule has 2 fully saturated rings. The summed E-state index contributed by atoms with van der Waals surface area (Å²) in [6, 6.07) is 11.5. The highest BCUT2D eigenvalue weighted by atomic mass is 16.6. The highest BCUT2D eigenvalue weighted by molar-refractivity contribution is 5.67. The number of hydrogen-bond acceptors (Lipinski definition) is 4. The zero-order valence-electron chi connectivity index (χ0n) is 15.5. The van der Waals surface area contributed by atoms with Crippen molar-refractivity contribution in [3.8, 4) is 0 Å². The van der Waals surface area contributed by atoms with Crippen LogP contribution in [0.15, 0.2) is 30.3 Å². The Balaban J connectivity index is 1.53. The van der Waals surface area contributed by atoms with Crippen LogP contribution in [-0.4, -0.2) is 48.4 Å². The third-order valence-electron chi connectivity index (χ3n) is 4.91. The Labute approximate surface area is 150 Å². The second-order valence-electron chi connectivity index (χ2n) is 8.22. The average molecular weight is 346 g/mol. The van der Waals surface area contributed by atoms with E-state index >= 15 is 0 Å². The van der Waals surface area contributed by atoms with Crippen LogP contribution < -0.4 is 5.32 Å². The highest BCUT2D eigenvalue weighted by Gasteiger charge is 2.38. The first kappa shape index (κ1) is 18.2. The molecule has 0 saturated carbocycles. The lowest BCUT2D eigenvalue weighted by molar-refractivity contribution is -0.0914. The lowest BCUT2D eigenvalue weighted by Gasteiger charge is -2.48. The zero-order chi connectivity index (χ0) is 17.9. The number of amides is 1. The molecule has 2 bridgehead atoms. The molecule has 3 rings (SSSR count). The van der Waals surface area contributed by atoms with Gasteiger partial charge in [-0.3, -0.25) is 4.90 Å². The summed E-state index contributed by atoms with van der Waals surface area (Å²) in [6.07, 6.45) is 1.79. The lowest BCUT2D eigenvalue weighted by atomic mass is 9.84. The molecule has 0 radical (unpaired) electrons. The van der Waals surface area contributed by atoms with E-state index < -0.39 is 5.60 Å². The van der Waals surface area contributed by atoms with E-state index in [0.717, 1.165) is 32.6 Å². The number of piperidine rings is 1. The van der Waals surface area contributed by atoms with Crippen LogP contribution in [0.25, 0.3) is 0 Å². The van der Waals surface area contributed by atoms with Crippen molar-refractivity contribution >= 4 is 6.09 Å². The molecule has 0 spiro atoms. The van der Waals surface area contributed by atoms with Gasteiger partial charge in [-0.25, -0.2) is 4.79 Å². The molecule has 2 aliphatic heterocycles. The summed E-state index contributed by atoms with van der Waals surface area (Å²) in [4.78, 5) is 14.5. The molecule has 2 heterocycles. The van der Waals surface area contributed by atoms with Gasteiger partial charge in [0, 0.05) is 25.2 Å². The number of nitrogens with zero attached hydrogens (tertiary/aromatic N) is 1. The van der Waals surface area contributed by atoms with Crippen LogP contribution in [-0.2, 0) is 16.0 Å². The number of carbonyl (C=O) groups is 1. The second-order valence-corrected chi connectivity index (χ2v) is 8.22. The molecular formula is C20H30N2O3. The molecule has 0 aliphatic carbocycles. The summed E-state index contributed by atoms with van der Waals surface area (Å²) in [5.41, 5.74) is 0.901. The summed E-state index contributed by atoms with van der Waals surface area (Å²) >= 11 is 0. The van der Waals surface area contributed by atoms with Gasteiger partial charge in [-0.15, -0.1) is 0 Å². The molecule has 2 saturated heterocycles. The molecule has 1 aromatic rings. The van der Waals surface area contributed by atoms with E-state index in [9.17, 15) is 4.79 Å². The van der Waals surface area contributed by atoms with Gasteiger partial charge in [-0.1, -0.05) is 30.3 Å². The predicted octanol–water partition coefficient (Wildman–Crippen LogP) is 3.19. The van der Waals surface area contributed by atoms with E-state index in [1.807, 2.05) is 20.8 Å². The first-order valence-corrected chi connectivity index (χ1v) is 9.25. The van der Waals surface area contributed by atoms with Gasteiger partial charge in [0.2, 0.25) is 0 Å². The molecule has 1 amide bonds. The van der Waals surface area contributed by atoms with E-state index in [-0.39, 0.29) is 6.09 Å². The van der Waals surface area contributed by atoms with Crippen LogP contribution in [0, 0.1) is 5.92 Å². The molecule has 5 nitrogen and oxygen atoms in total. The molecular weight excluding hydrogens is 316 g/mol. The quantitative estimate of drug-likeness (QED) is 0.910. The van der Waals surface area contributed by atoms with Gasteiger partial charge in [-0.05, 0) is 45.1 Å². The summed E-state index contributed by atoms with van der Waals surface area (Å²) in [6.45, 7) is 8.88. The lowest BCUT2D eigenvalue weighted by Crippen LogP contribution is -2.57. The normalized spacial score (nSPS) is 26.9. The fraction of sp³-hybridized carbons (Fsp3) is 0.650. The van der Waals surface area contributed by atoms with E-state index in [2.05, 4.69) is 40.5 Å². The Hall–Kier alpha value is -1.59. The number of rotatable bonds is 4. The highest BCUT2D eigenvalue weighted by Crippen LogP contribution is 2.32. The molecule has 0 aromatic heterocycles. The fourth-order valence-corrected chi connectivity index (χ4v) is 3.86. The van der Waals surface area contributed by atoms with Gasteiger partial charge >= 0.3 is 6.09 Å². The molecule has 1 N–H and O–H groups in total. The van der Waals surface area contributed by atoms with E-state index in [4.69, 9.17) is 9.47 Å². The van der Waals surface area contributed by atoms with Crippen molar-refractivity contribution in [2.24, 2.45) is 5.92 Å². The maximum absolute atomic E-state index is 11.9. The number of morpholine rings is 1. The summed E-state index contributed by atoms with van der Waals surface area (Å²) in [5.74, 6) is 0.485. The SMILES string of the molecule is CC(C)(C)OC(=O)NCC1CC2COCC(C1)N2Cc1ccccc1. The third kappa shape index (κ3) is 5.19. The number of nitrogens with one attached hydrogen (secondary N) is 1. The van der Waals surface area contributed by atoms with Gasteiger partial charge in [-0.2, -0.15) is 0 Å². The minimum atomic E-state index is -0.451. The van der Waals surface area contributed by atoms with Crippen molar-refractivity contribution in [2.45, 2.75) is 57.8 Å². The Kier molecular flexibility index (Phi) is 5.64. The van der Waals surface area contributed by atoms with Crippen LogP contribution in [0.4, 0.5) is 4.79 Å². The number of ether oxygens (including phenoxy) is 2. The van der Waals surface area contributed by atoms with Gasteiger partial charge in [0.15, 0.2) is 0 Å². The Morgan fingerprint density at radius 3 is 2.44 bits per heavy atom. The first-order chi connectivity index (χ1) is 11.9. The van der Waals surface area contributed by atoms with Crippen LogP contribution >= 0.6 is 0 Å². The monoisotopic (exact) mass is 346 g/mol. The van der Waals surface area contributed by atoms with Gasteiger partial charge in [0.05, 0.1) is 13.2 Å². The molecule has 1 aromatic carbocycles. The zero-order valence-corrected chi connectivity index (χ0v) is 15.5. The van der Waals surface area contributed by atoms with Crippen molar-refractivity contribution in [1.82, 2.24) is 10.2 Å². The topological polar surface area (TPSA) is 50.8 Å². The Morgan fingerprint density at radius 2 is 1.84 bits per heavy atom. The molecule has 25 heavy (non-hydrogen) atoms. The van der Waals surface area contributed by atoms with Crippen LogP contribution in [0.1, 0.15) is 39.2 Å². The molecule has 5 heteroatoms. The first-order valence-electron chi connectivity index (χ1n) is 9.25. The van der Waals surface area contributed by atoms with Crippen LogP contribution in [0.5, 0.6) is 0 Å². The second kappa shape index (κ2) is 7.75. The third-order valence-corrected chi connectivity index (χ3v) is 4.91. The van der Waals surface area contributed by atoms with Crippen molar-refractivity contribution < 1.29 is 14.3 Å². The summed E-state index contributed by atoms with van der Waals surface area (Å²) in [7, 11) is 0. The van der Waals surface area contributed by atoms with Gasteiger partial charge in [0.1, 0.15) is 5.60 Å². The van der Waals surface area contributed by atoms with Crippen LogP contribution in [0.3, 0.4) is 0 Å². The molecule has 2 aliphatic rings. The fourth-order valence-electron chi connectivity index (χ4n) is 3.86. The van der Waals surface area contributed by atoms with Crippen molar-refractivity contribution in [3.05, 3.63) is 35.9 Å². The maximum Gasteiger partial charge on any atom is 0.407 e. The standard InChI is InChI=1S/C20H30N2O3/c1-20(2,3)25-19(23)21-11-16-9-17-13-24-14-18(10-16)22(17)12-15-7-5-4-6-8-15/h4-8,16-18H,9-14H2,1-3H3,(H,21,23). The molecule has 2 unspecified atom stereocenters. The van der Waals surface area contributed by atoms with Gasteiger partial charge < -0.3 is 14.8 Å². The van der Waals surface area contributed by atoms with Crippen LogP contribution in [0.2, 0.25) is 0 Å². The number of fused-ring (bicyclic) bond motifs is 2. The van der Waals surface area contributed by atoms with E-state index in [0.29, 0.717) is 24.5 Å². The van der Waals surface area contributed by atoms with Crippen molar-refractivity contribution in [2.75, 3.05) is 19.8 Å². The van der Waals surface area contributed by atoms with Crippen molar-refractivity contribution in [1.29, 1.82) is 0 Å². The predicted molar refractivity (Wildman–Crippen MR) is 97.3 cm³/mol. The number of carbonyl (C=O) groups excluding carboxylic acids is 1. The summed E-state index contributed by atoms with van der Waals surface area (Å²) < 4.78 is 11.1. The minimum absolute atomic E-state index is 0.319. The number of benzene rings is 1. The number of alkyl carbamates (subject to hydrolysis) is 1.